The van der Waals surface area contributed by atoms with E-state index < -0.39 is 0 Å². The predicted octanol–water partition coefficient (Wildman–Crippen LogP) is 6.32. The molecule has 0 heterocycles. The molecular weight excluding hydrogens is 412 g/mol. The number of ether oxygens (including phenoxy) is 1. The SMILES string of the molecule is CCOCCCNC(=O)Nc1ccccc1CCc1cc(C(C)(C)C)c(O)c(C(C)(C)C)c1. The van der Waals surface area contributed by atoms with E-state index in [2.05, 4.69) is 70.4 Å². The molecule has 0 saturated heterocycles. The van der Waals surface area contributed by atoms with Crippen molar-refractivity contribution in [3.05, 3.63) is 58.7 Å². The summed E-state index contributed by atoms with van der Waals surface area (Å²) in [6, 6.07) is 12.0. The van der Waals surface area contributed by atoms with E-state index in [1.807, 2.05) is 25.1 Å². The van der Waals surface area contributed by atoms with Gasteiger partial charge in [0.25, 0.3) is 0 Å². The highest BCUT2D eigenvalue weighted by Gasteiger charge is 2.26. The van der Waals surface area contributed by atoms with Gasteiger partial charge >= 0.3 is 6.03 Å². The number of hydrogen-bond donors (Lipinski definition) is 3. The van der Waals surface area contributed by atoms with Gasteiger partial charge in [0.05, 0.1) is 0 Å². The van der Waals surface area contributed by atoms with Crippen LogP contribution >= 0.6 is 0 Å². The fourth-order valence-corrected chi connectivity index (χ4v) is 3.81. The number of benzene rings is 2. The quantitative estimate of drug-likeness (QED) is 0.388. The lowest BCUT2D eigenvalue weighted by Crippen LogP contribution is -2.30. The Hall–Kier alpha value is -2.53. The van der Waals surface area contributed by atoms with E-state index in [1.54, 1.807) is 0 Å². The van der Waals surface area contributed by atoms with Crippen LogP contribution < -0.4 is 10.6 Å². The zero-order valence-electron chi connectivity index (χ0n) is 21.5. The topological polar surface area (TPSA) is 70.6 Å². The third kappa shape index (κ3) is 8.08. The minimum atomic E-state index is -0.200. The first-order valence-corrected chi connectivity index (χ1v) is 12.0. The summed E-state index contributed by atoms with van der Waals surface area (Å²) >= 11 is 0. The van der Waals surface area contributed by atoms with Gasteiger partial charge in [0.1, 0.15) is 5.75 Å². The van der Waals surface area contributed by atoms with Crippen molar-refractivity contribution in [1.82, 2.24) is 5.32 Å². The first-order chi connectivity index (χ1) is 15.4. The van der Waals surface area contributed by atoms with Crippen LogP contribution in [-0.2, 0) is 28.4 Å². The Balaban J connectivity index is 2.15. The van der Waals surface area contributed by atoms with Crippen molar-refractivity contribution in [2.75, 3.05) is 25.1 Å². The molecule has 0 fully saturated rings. The van der Waals surface area contributed by atoms with Crippen LogP contribution in [0.3, 0.4) is 0 Å². The van der Waals surface area contributed by atoms with E-state index in [4.69, 9.17) is 4.74 Å². The molecule has 5 nitrogen and oxygen atoms in total. The molecule has 2 amide bonds. The van der Waals surface area contributed by atoms with Gasteiger partial charge in [-0.2, -0.15) is 0 Å². The number of para-hydroxylation sites is 1. The Morgan fingerprint density at radius 2 is 1.58 bits per heavy atom. The number of nitrogens with one attached hydrogen (secondary N) is 2. The van der Waals surface area contributed by atoms with Gasteiger partial charge in [-0.15, -0.1) is 0 Å². The smallest absolute Gasteiger partial charge is 0.319 e. The fraction of sp³-hybridized carbons (Fsp3) is 0.536. The average Bonchev–Trinajstić information content (AvgIpc) is 2.72. The number of rotatable bonds is 9. The summed E-state index contributed by atoms with van der Waals surface area (Å²) in [4.78, 5) is 12.3. The van der Waals surface area contributed by atoms with Crippen LogP contribution in [-0.4, -0.2) is 30.9 Å². The number of aromatic hydroxyl groups is 1. The van der Waals surface area contributed by atoms with E-state index in [0.29, 0.717) is 25.5 Å². The highest BCUT2D eigenvalue weighted by molar-refractivity contribution is 5.90. The Kier molecular flexibility index (Phi) is 9.35. The summed E-state index contributed by atoms with van der Waals surface area (Å²) in [5.41, 5.74) is 4.75. The van der Waals surface area contributed by atoms with Gasteiger partial charge < -0.3 is 20.5 Å². The molecule has 5 heteroatoms. The van der Waals surface area contributed by atoms with Crippen molar-refractivity contribution in [2.24, 2.45) is 0 Å². The minimum absolute atomic E-state index is 0.153. The lowest BCUT2D eigenvalue weighted by molar-refractivity contribution is 0.145. The molecule has 2 rings (SSSR count). The predicted molar refractivity (Wildman–Crippen MR) is 137 cm³/mol. The maximum Gasteiger partial charge on any atom is 0.319 e. The number of amides is 2. The van der Waals surface area contributed by atoms with E-state index in [0.717, 1.165) is 41.6 Å². The lowest BCUT2D eigenvalue weighted by atomic mass is 9.78. The number of carbonyl (C=O) groups excluding carboxylic acids is 1. The van der Waals surface area contributed by atoms with Gasteiger partial charge in [-0.1, -0.05) is 71.9 Å². The Bertz CT molecular complexity index is 888. The second kappa shape index (κ2) is 11.6. The number of urea groups is 1. The second-order valence-electron chi connectivity index (χ2n) is 10.6. The highest BCUT2D eigenvalue weighted by atomic mass is 16.5. The number of anilines is 1. The number of phenols is 1. The molecule has 0 unspecified atom stereocenters. The number of hydrogen-bond acceptors (Lipinski definition) is 3. The molecule has 2 aromatic rings. The van der Waals surface area contributed by atoms with Crippen LogP contribution in [0.4, 0.5) is 10.5 Å². The van der Waals surface area contributed by atoms with E-state index in [1.165, 1.54) is 5.56 Å². The highest BCUT2D eigenvalue weighted by Crippen LogP contribution is 2.40. The van der Waals surface area contributed by atoms with Crippen LogP contribution in [0.15, 0.2) is 36.4 Å². The summed E-state index contributed by atoms with van der Waals surface area (Å²) in [5, 5.41) is 16.8. The molecule has 0 bridgehead atoms. The summed E-state index contributed by atoms with van der Waals surface area (Å²) in [5.74, 6) is 0.404. The van der Waals surface area contributed by atoms with Gasteiger partial charge in [0, 0.05) is 25.4 Å². The molecular formula is C28H42N2O3. The van der Waals surface area contributed by atoms with Crippen molar-refractivity contribution in [3.8, 4) is 5.75 Å². The fourth-order valence-electron chi connectivity index (χ4n) is 3.81. The van der Waals surface area contributed by atoms with Crippen molar-refractivity contribution in [1.29, 1.82) is 0 Å². The molecule has 0 aliphatic heterocycles. The molecule has 182 valence electrons. The maximum absolute atomic E-state index is 12.3. The average molecular weight is 455 g/mol. The first kappa shape index (κ1) is 26.7. The summed E-state index contributed by atoms with van der Waals surface area (Å²) < 4.78 is 5.31. The Morgan fingerprint density at radius 1 is 0.970 bits per heavy atom. The number of carbonyl (C=O) groups is 1. The molecule has 0 spiro atoms. The van der Waals surface area contributed by atoms with Crippen molar-refractivity contribution >= 4 is 11.7 Å². The van der Waals surface area contributed by atoms with Crippen LogP contribution in [0.1, 0.15) is 77.1 Å². The number of aryl methyl sites for hydroxylation is 2. The Labute approximate surface area is 199 Å². The van der Waals surface area contributed by atoms with Crippen LogP contribution in [0, 0.1) is 0 Å². The molecule has 0 radical (unpaired) electrons. The van der Waals surface area contributed by atoms with E-state index >= 15 is 0 Å². The summed E-state index contributed by atoms with van der Waals surface area (Å²) in [7, 11) is 0. The van der Waals surface area contributed by atoms with Gasteiger partial charge in [-0.05, 0) is 65.3 Å². The minimum Gasteiger partial charge on any atom is -0.507 e. The molecule has 2 aromatic carbocycles. The standard InChI is InChI=1S/C28H42N2O3/c1-8-33-17-11-16-29-26(32)30-24-13-10-9-12-21(24)15-14-20-18-22(27(2,3)4)25(31)23(19-20)28(5,6)7/h9-10,12-13,18-19,31H,8,11,14-17H2,1-7H3,(H2,29,30,32). The summed E-state index contributed by atoms with van der Waals surface area (Å²) in [6.07, 6.45) is 2.40. The normalized spacial score (nSPS) is 12.0. The largest absolute Gasteiger partial charge is 0.507 e. The molecule has 0 atom stereocenters. The number of phenolic OH excluding ortho intramolecular Hbond substituents is 1. The van der Waals surface area contributed by atoms with Crippen molar-refractivity contribution < 1.29 is 14.6 Å². The Morgan fingerprint density at radius 3 is 2.15 bits per heavy atom. The third-order valence-electron chi connectivity index (χ3n) is 5.69. The van der Waals surface area contributed by atoms with Gasteiger partial charge in [0.2, 0.25) is 0 Å². The van der Waals surface area contributed by atoms with Crippen LogP contribution in [0.25, 0.3) is 0 Å². The summed E-state index contributed by atoms with van der Waals surface area (Å²) in [6.45, 7) is 16.6. The van der Waals surface area contributed by atoms with Crippen molar-refractivity contribution in [2.45, 2.75) is 78.6 Å². The molecule has 33 heavy (non-hydrogen) atoms. The second-order valence-corrected chi connectivity index (χ2v) is 10.6. The van der Waals surface area contributed by atoms with Crippen LogP contribution in [0.2, 0.25) is 0 Å². The third-order valence-corrected chi connectivity index (χ3v) is 5.69. The molecule has 0 aliphatic carbocycles. The van der Waals surface area contributed by atoms with Crippen molar-refractivity contribution in [3.63, 3.8) is 0 Å². The lowest BCUT2D eigenvalue weighted by Gasteiger charge is -2.28. The monoisotopic (exact) mass is 454 g/mol. The molecule has 0 aromatic heterocycles. The molecule has 3 N–H and O–H groups in total. The van der Waals surface area contributed by atoms with Gasteiger partial charge in [-0.25, -0.2) is 4.79 Å². The van der Waals surface area contributed by atoms with Gasteiger partial charge in [-0.3, -0.25) is 0 Å². The van der Waals surface area contributed by atoms with E-state index in [9.17, 15) is 9.90 Å². The molecule has 0 saturated carbocycles. The van der Waals surface area contributed by atoms with Gasteiger partial charge in [0.15, 0.2) is 0 Å². The zero-order valence-corrected chi connectivity index (χ0v) is 21.5. The molecule has 0 aliphatic rings. The first-order valence-electron chi connectivity index (χ1n) is 12.0. The van der Waals surface area contributed by atoms with E-state index in [-0.39, 0.29) is 16.9 Å². The zero-order chi connectivity index (χ0) is 24.6. The van der Waals surface area contributed by atoms with Crippen LogP contribution in [0.5, 0.6) is 5.75 Å². The maximum atomic E-state index is 12.3.